The monoisotopic (exact) mass is 264 g/mol. The van der Waals surface area contributed by atoms with Gasteiger partial charge in [-0.3, -0.25) is 9.59 Å². The highest BCUT2D eigenvalue weighted by molar-refractivity contribution is 6.05. The first-order valence-corrected chi connectivity index (χ1v) is 5.92. The molecule has 1 N–H and O–H groups in total. The summed E-state index contributed by atoms with van der Waals surface area (Å²) in [5, 5.41) is 2.57. The predicted molar refractivity (Wildman–Crippen MR) is 67.4 cm³/mol. The lowest BCUT2D eigenvalue weighted by Gasteiger charge is -2.08. The third-order valence-corrected chi connectivity index (χ3v) is 2.94. The van der Waals surface area contributed by atoms with Crippen LogP contribution in [0, 0.1) is 11.9 Å². The fourth-order valence-corrected chi connectivity index (χ4v) is 1.61. The Balaban J connectivity index is 2.48. The van der Waals surface area contributed by atoms with Gasteiger partial charge in [-0.15, -0.1) is 0 Å². The molecule has 0 aliphatic rings. The van der Waals surface area contributed by atoms with E-state index >= 15 is 0 Å². The van der Waals surface area contributed by atoms with Crippen molar-refractivity contribution in [2.24, 2.45) is 5.92 Å². The highest BCUT2D eigenvalue weighted by Crippen LogP contribution is 2.28. The lowest BCUT2D eigenvalue weighted by molar-refractivity contribution is -0.119. The molecule has 2 rings (SSSR count). The predicted octanol–water partition coefficient (Wildman–Crippen LogP) is 2.76. The van der Waals surface area contributed by atoms with E-state index in [0.717, 1.165) is 6.07 Å². The van der Waals surface area contributed by atoms with Gasteiger partial charge in [0.25, 0.3) is 0 Å². The van der Waals surface area contributed by atoms with E-state index in [0.29, 0.717) is 12.7 Å². The molecular formula is C13H13FN2O3. The zero-order valence-corrected chi connectivity index (χ0v) is 10.6. The van der Waals surface area contributed by atoms with Crippen molar-refractivity contribution in [3.05, 3.63) is 23.8 Å². The molecule has 0 saturated carbocycles. The maximum atomic E-state index is 13.1. The number of fused-ring (bicyclic) bond motifs is 1. The van der Waals surface area contributed by atoms with E-state index < -0.39 is 5.95 Å². The number of nitrogens with one attached hydrogen (secondary N) is 1. The lowest BCUT2D eigenvalue weighted by Crippen LogP contribution is -2.20. The van der Waals surface area contributed by atoms with E-state index in [1.807, 2.05) is 6.92 Å². The molecule has 2 aromatic rings. The van der Waals surface area contributed by atoms with Crippen LogP contribution in [0.3, 0.4) is 0 Å². The number of pyridine rings is 1. The van der Waals surface area contributed by atoms with Gasteiger partial charge in [-0.1, -0.05) is 13.8 Å². The number of carbonyl (C=O) groups excluding carboxylic acids is 2. The summed E-state index contributed by atoms with van der Waals surface area (Å²) in [5.74, 6) is -1.26. The maximum Gasteiger partial charge on any atom is 0.227 e. The normalized spacial score (nSPS) is 12.4. The standard InChI is InChI=1S/C13H13FN2O3/c1-3-7(2)13(18)16-12-9(6-17)19-8-4-5-10(14)15-11(8)12/h4-7H,3H2,1-2H3,(H,16,18)/t7-/m0/s1. The average Bonchev–Trinajstić information content (AvgIpc) is 2.75. The highest BCUT2D eigenvalue weighted by atomic mass is 19.1. The van der Waals surface area contributed by atoms with Gasteiger partial charge < -0.3 is 9.73 Å². The van der Waals surface area contributed by atoms with Crippen molar-refractivity contribution in [2.45, 2.75) is 20.3 Å². The largest absolute Gasteiger partial charge is 0.449 e. The number of hydrogen-bond acceptors (Lipinski definition) is 4. The summed E-state index contributed by atoms with van der Waals surface area (Å²) in [6.45, 7) is 3.63. The van der Waals surface area contributed by atoms with Crippen LogP contribution < -0.4 is 5.32 Å². The van der Waals surface area contributed by atoms with E-state index in [4.69, 9.17) is 4.42 Å². The highest BCUT2D eigenvalue weighted by Gasteiger charge is 2.20. The number of amides is 1. The van der Waals surface area contributed by atoms with Crippen LogP contribution in [0.4, 0.5) is 10.1 Å². The molecule has 100 valence electrons. The van der Waals surface area contributed by atoms with Gasteiger partial charge in [-0.05, 0) is 18.6 Å². The topological polar surface area (TPSA) is 72.2 Å². The van der Waals surface area contributed by atoms with Crippen molar-refractivity contribution in [1.29, 1.82) is 0 Å². The van der Waals surface area contributed by atoms with Gasteiger partial charge in [-0.25, -0.2) is 4.98 Å². The van der Waals surface area contributed by atoms with Crippen LogP contribution in [-0.2, 0) is 4.79 Å². The molecule has 5 nitrogen and oxygen atoms in total. The van der Waals surface area contributed by atoms with Crippen LogP contribution in [0.5, 0.6) is 0 Å². The first-order valence-electron chi connectivity index (χ1n) is 5.92. The van der Waals surface area contributed by atoms with Crippen molar-refractivity contribution in [3.63, 3.8) is 0 Å². The second-order valence-electron chi connectivity index (χ2n) is 4.24. The number of hydrogen-bond donors (Lipinski definition) is 1. The molecule has 2 heterocycles. The van der Waals surface area contributed by atoms with Crippen LogP contribution >= 0.6 is 0 Å². The quantitative estimate of drug-likeness (QED) is 0.680. The summed E-state index contributed by atoms with van der Waals surface area (Å²) >= 11 is 0. The Morgan fingerprint density at radius 2 is 2.32 bits per heavy atom. The minimum absolute atomic E-state index is 0.0650. The molecule has 1 amide bonds. The fraction of sp³-hybridized carbons (Fsp3) is 0.308. The molecule has 0 saturated heterocycles. The van der Waals surface area contributed by atoms with Crippen LogP contribution in [0.15, 0.2) is 16.5 Å². The number of nitrogens with zero attached hydrogens (tertiary/aromatic N) is 1. The van der Waals surface area contributed by atoms with Crippen molar-refractivity contribution in [1.82, 2.24) is 4.98 Å². The molecule has 0 aliphatic carbocycles. The summed E-state index contributed by atoms with van der Waals surface area (Å²) in [4.78, 5) is 26.4. The molecule has 0 aliphatic heterocycles. The lowest BCUT2D eigenvalue weighted by atomic mass is 10.1. The minimum Gasteiger partial charge on any atom is -0.449 e. The third kappa shape index (κ3) is 2.47. The molecule has 0 spiro atoms. The Hall–Kier alpha value is -2.24. The average molecular weight is 264 g/mol. The molecular weight excluding hydrogens is 251 g/mol. The Kier molecular flexibility index (Phi) is 3.59. The van der Waals surface area contributed by atoms with Crippen LogP contribution in [0.25, 0.3) is 11.1 Å². The molecule has 0 unspecified atom stereocenters. The summed E-state index contributed by atoms with van der Waals surface area (Å²) < 4.78 is 18.3. The molecule has 1 atom stereocenters. The first-order chi connectivity index (χ1) is 9.06. The van der Waals surface area contributed by atoms with Gasteiger partial charge in [-0.2, -0.15) is 4.39 Å². The molecule has 2 aromatic heterocycles. The van der Waals surface area contributed by atoms with Crippen LogP contribution in [0.1, 0.15) is 30.8 Å². The number of anilines is 1. The molecule has 6 heteroatoms. The first kappa shape index (κ1) is 13.2. The summed E-state index contributed by atoms with van der Waals surface area (Å²) in [6.07, 6.45) is 1.12. The molecule has 19 heavy (non-hydrogen) atoms. The smallest absolute Gasteiger partial charge is 0.227 e. The molecule has 0 fully saturated rings. The fourth-order valence-electron chi connectivity index (χ4n) is 1.61. The van der Waals surface area contributed by atoms with E-state index in [1.54, 1.807) is 6.92 Å². The van der Waals surface area contributed by atoms with Gasteiger partial charge >= 0.3 is 0 Å². The number of aromatic nitrogens is 1. The van der Waals surface area contributed by atoms with Crippen molar-refractivity contribution >= 4 is 29.0 Å². The Bertz CT molecular complexity index is 636. The molecule has 0 radical (unpaired) electrons. The Labute approximate surface area is 108 Å². The van der Waals surface area contributed by atoms with Gasteiger partial charge in [0.1, 0.15) is 11.2 Å². The van der Waals surface area contributed by atoms with Crippen LogP contribution in [0.2, 0.25) is 0 Å². The Morgan fingerprint density at radius 1 is 1.58 bits per heavy atom. The summed E-state index contributed by atoms with van der Waals surface area (Å²) in [5.41, 5.74) is 0.511. The van der Waals surface area contributed by atoms with Crippen molar-refractivity contribution in [3.8, 4) is 0 Å². The number of carbonyl (C=O) groups is 2. The SMILES string of the molecule is CC[C@H](C)C(=O)Nc1c(C=O)oc2ccc(F)nc12. The van der Waals surface area contributed by atoms with Gasteiger partial charge in [0.2, 0.25) is 11.9 Å². The summed E-state index contributed by atoms with van der Waals surface area (Å²) in [6, 6.07) is 2.49. The number of rotatable bonds is 4. The minimum atomic E-state index is -0.704. The van der Waals surface area contributed by atoms with Crippen molar-refractivity contribution in [2.75, 3.05) is 5.32 Å². The van der Waals surface area contributed by atoms with Gasteiger partial charge in [0.15, 0.2) is 17.6 Å². The third-order valence-electron chi connectivity index (χ3n) is 2.94. The second-order valence-corrected chi connectivity index (χ2v) is 4.24. The number of furan rings is 1. The number of aldehydes is 1. The van der Waals surface area contributed by atoms with E-state index in [-0.39, 0.29) is 34.4 Å². The Morgan fingerprint density at radius 3 is 2.95 bits per heavy atom. The second kappa shape index (κ2) is 5.17. The number of halogens is 1. The zero-order chi connectivity index (χ0) is 14.0. The van der Waals surface area contributed by atoms with Crippen molar-refractivity contribution < 1.29 is 18.4 Å². The van der Waals surface area contributed by atoms with E-state index in [9.17, 15) is 14.0 Å². The van der Waals surface area contributed by atoms with E-state index in [1.165, 1.54) is 6.07 Å². The van der Waals surface area contributed by atoms with Crippen LogP contribution in [-0.4, -0.2) is 17.2 Å². The zero-order valence-electron chi connectivity index (χ0n) is 10.6. The van der Waals surface area contributed by atoms with Gasteiger partial charge in [0, 0.05) is 5.92 Å². The summed E-state index contributed by atoms with van der Waals surface area (Å²) in [7, 11) is 0. The molecule has 0 bridgehead atoms. The maximum absolute atomic E-state index is 13.1. The van der Waals surface area contributed by atoms with Gasteiger partial charge in [0.05, 0.1) is 0 Å². The van der Waals surface area contributed by atoms with E-state index in [2.05, 4.69) is 10.3 Å². The molecule has 0 aromatic carbocycles.